The predicted molar refractivity (Wildman–Crippen MR) is 172 cm³/mol. The quantitative estimate of drug-likeness (QED) is 0.0741. The molecule has 2 aliphatic heterocycles. The lowest BCUT2D eigenvalue weighted by Crippen LogP contribution is -2.30. The van der Waals surface area contributed by atoms with Gasteiger partial charge in [0.05, 0.1) is 6.61 Å². The molecular formula is C37H44O9. The maximum Gasteiger partial charge on any atom is 0.346 e. The maximum atomic E-state index is 12.6. The molecule has 3 aromatic rings. The maximum absolute atomic E-state index is 12.6. The molecule has 9 nitrogen and oxygen atoms in total. The lowest BCUT2D eigenvalue weighted by Gasteiger charge is -2.15. The van der Waals surface area contributed by atoms with Crippen molar-refractivity contribution in [2.75, 3.05) is 19.8 Å². The van der Waals surface area contributed by atoms with E-state index in [0.29, 0.717) is 6.61 Å². The summed E-state index contributed by atoms with van der Waals surface area (Å²) in [5.41, 5.74) is 0.160. The van der Waals surface area contributed by atoms with E-state index in [4.69, 9.17) is 23.7 Å². The van der Waals surface area contributed by atoms with E-state index in [1.807, 2.05) is 105 Å². The summed E-state index contributed by atoms with van der Waals surface area (Å²) in [7, 11) is 0. The van der Waals surface area contributed by atoms with Crippen LogP contribution in [-0.4, -0.2) is 55.7 Å². The highest BCUT2D eigenvalue weighted by atomic mass is 16.7. The number of unbranched alkanes of at least 4 members (excludes halogenated alkanes) is 2. The van der Waals surface area contributed by atoms with Crippen LogP contribution in [0.25, 0.3) is 0 Å². The van der Waals surface area contributed by atoms with Crippen LogP contribution in [0.5, 0.6) is 0 Å². The highest BCUT2D eigenvalue weighted by Crippen LogP contribution is 2.48. The Morgan fingerprint density at radius 2 is 1.00 bits per heavy atom. The molecule has 0 bridgehead atoms. The van der Waals surface area contributed by atoms with Crippen molar-refractivity contribution in [1.29, 1.82) is 0 Å². The Morgan fingerprint density at radius 1 is 0.609 bits per heavy atom. The summed E-state index contributed by atoms with van der Waals surface area (Å²) in [6, 6.07) is 27.7. The summed E-state index contributed by atoms with van der Waals surface area (Å²) in [5.74, 6) is -1.01. The summed E-state index contributed by atoms with van der Waals surface area (Å²) >= 11 is 0. The van der Waals surface area contributed by atoms with Gasteiger partial charge in [0.25, 0.3) is 0 Å². The van der Waals surface area contributed by atoms with E-state index in [2.05, 4.69) is 6.92 Å². The average molecular weight is 633 g/mol. The number of rotatable bonds is 12. The molecule has 0 spiro atoms. The van der Waals surface area contributed by atoms with Crippen molar-refractivity contribution in [2.45, 2.75) is 77.3 Å². The van der Waals surface area contributed by atoms with Crippen molar-refractivity contribution in [3.8, 4) is 0 Å². The number of hydrogen-bond acceptors (Lipinski definition) is 9. The molecule has 5 rings (SSSR count). The minimum absolute atomic E-state index is 0.0471. The average Bonchev–Trinajstić information content (AvgIpc) is 3.97. The number of carbonyl (C=O) groups excluding carboxylic acids is 4. The van der Waals surface area contributed by atoms with E-state index in [1.165, 1.54) is 13.3 Å². The zero-order chi connectivity index (χ0) is 33.6. The molecule has 9 heteroatoms. The molecule has 4 unspecified atom stereocenters. The van der Waals surface area contributed by atoms with Crippen molar-refractivity contribution in [2.24, 2.45) is 0 Å². The molecule has 2 saturated heterocycles. The van der Waals surface area contributed by atoms with Crippen LogP contribution in [0.1, 0.15) is 75.4 Å². The summed E-state index contributed by atoms with van der Waals surface area (Å²) < 4.78 is 26.5. The van der Waals surface area contributed by atoms with Crippen LogP contribution in [-0.2, 0) is 49.3 Å². The highest BCUT2D eigenvalue weighted by Gasteiger charge is 2.63. The van der Waals surface area contributed by atoms with Crippen LogP contribution in [0, 0.1) is 0 Å². The second-order valence-corrected chi connectivity index (χ2v) is 11.0. The van der Waals surface area contributed by atoms with Crippen molar-refractivity contribution in [1.82, 2.24) is 0 Å². The van der Waals surface area contributed by atoms with Crippen LogP contribution in [0.3, 0.4) is 0 Å². The predicted octanol–water partition coefficient (Wildman–Crippen LogP) is 6.33. The Kier molecular flexibility index (Phi) is 13.7. The first-order valence-corrected chi connectivity index (χ1v) is 15.6. The number of hydrogen-bond donors (Lipinski definition) is 0. The number of ether oxygens (including phenoxy) is 5. The summed E-state index contributed by atoms with van der Waals surface area (Å²) in [6.07, 6.45) is 2.80. The van der Waals surface area contributed by atoms with Crippen LogP contribution in [0.15, 0.2) is 91.0 Å². The van der Waals surface area contributed by atoms with Crippen LogP contribution >= 0.6 is 0 Å². The molecule has 246 valence electrons. The molecule has 2 aliphatic rings. The molecule has 0 radical (unpaired) electrons. The van der Waals surface area contributed by atoms with E-state index in [0.717, 1.165) is 29.5 Å². The zero-order valence-corrected chi connectivity index (χ0v) is 27.2. The van der Waals surface area contributed by atoms with Gasteiger partial charge in [-0.05, 0) is 38.3 Å². The van der Waals surface area contributed by atoms with Gasteiger partial charge >= 0.3 is 17.9 Å². The van der Waals surface area contributed by atoms with Crippen molar-refractivity contribution < 1.29 is 42.9 Å². The first-order chi connectivity index (χ1) is 22.1. The molecule has 0 aliphatic carbocycles. The minimum Gasteiger partial charge on any atom is -0.466 e. The first kappa shape index (κ1) is 36.1. The molecule has 0 amide bonds. The van der Waals surface area contributed by atoms with Gasteiger partial charge in [-0.1, -0.05) is 111 Å². The largest absolute Gasteiger partial charge is 0.466 e. The highest BCUT2D eigenvalue weighted by molar-refractivity contribution is 5.93. The van der Waals surface area contributed by atoms with Gasteiger partial charge in [-0.15, -0.1) is 0 Å². The Balaban J connectivity index is 0.000000262. The number of benzene rings is 3. The second kappa shape index (κ2) is 17.4. The zero-order valence-electron chi connectivity index (χ0n) is 27.2. The van der Waals surface area contributed by atoms with E-state index >= 15 is 0 Å². The standard InChI is InChI=1S/C22H22O6.C8H8O.C7H14O2/c1-15-21(27-15,17-9-5-3-6-10-17)19(23)25-13-14-26-20(24)22(16(2)28-22)18-11-7-4-8-12-18;1-7(9)8-5-3-2-4-6-8;1-3-4-5-6-9-7(2)8/h3-12,15-16H,13-14H2,1-2H3;2-6H,1H3;3-6H2,1-2H3. The van der Waals surface area contributed by atoms with Crippen molar-refractivity contribution in [3.05, 3.63) is 108 Å². The van der Waals surface area contributed by atoms with Gasteiger partial charge in [-0.3, -0.25) is 9.59 Å². The molecule has 0 saturated carbocycles. The summed E-state index contributed by atoms with van der Waals surface area (Å²) in [6.45, 7) is 9.26. The molecule has 2 heterocycles. The van der Waals surface area contributed by atoms with E-state index in [-0.39, 0.29) is 37.2 Å². The number of Topliss-reactive ketones (excluding diaryl/α,β-unsaturated/α-hetero) is 1. The van der Waals surface area contributed by atoms with Gasteiger partial charge < -0.3 is 23.7 Å². The molecular weight excluding hydrogens is 588 g/mol. The molecule has 0 aromatic heterocycles. The SMILES string of the molecule is CC(=O)c1ccccc1.CC1OC1(C(=O)OCCOC(=O)C1(c2ccccc2)OC1C)c1ccccc1.CCCCCOC(C)=O. The summed E-state index contributed by atoms with van der Waals surface area (Å²) in [4.78, 5) is 45.9. The van der Waals surface area contributed by atoms with Crippen LogP contribution < -0.4 is 0 Å². The van der Waals surface area contributed by atoms with E-state index < -0.39 is 23.1 Å². The first-order valence-electron chi connectivity index (χ1n) is 15.6. The Bertz CT molecular complexity index is 1340. The smallest absolute Gasteiger partial charge is 0.346 e. The Hall–Kier alpha value is -4.34. The molecule has 0 N–H and O–H groups in total. The third-order valence-corrected chi connectivity index (χ3v) is 7.55. The van der Waals surface area contributed by atoms with Gasteiger partial charge in [0.2, 0.25) is 11.2 Å². The van der Waals surface area contributed by atoms with Gasteiger partial charge in [-0.25, -0.2) is 9.59 Å². The summed E-state index contributed by atoms with van der Waals surface area (Å²) in [5, 5.41) is 0. The van der Waals surface area contributed by atoms with Gasteiger partial charge in [-0.2, -0.15) is 0 Å². The Labute approximate surface area is 271 Å². The molecule has 2 fully saturated rings. The fourth-order valence-electron chi connectivity index (χ4n) is 4.85. The van der Waals surface area contributed by atoms with Gasteiger partial charge in [0, 0.05) is 12.5 Å². The third-order valence-electron chi connectivity index (χ3n) is 7.55. The molecule has 46 heavy (non-hydrogen) atoms. The normalized spacial score (nSPS) is 22.0. The van der Waals surface area contributed by atoms with Gasteiger partial charge in [0.15, 0.2) is 5.78 Å². The number of ketones is 1. The second-order valence-electron chi connectivity index (χ2n) is 11.0. The monoisotopic (exact) mass is 632 g/mol. The molecule has 4 atom stereocenters. The van der Waals surface area contributed by atoms with Crippen LogP contribution in [0.2, 0.25) is 0 Å². The topological polar surface area (TPSA) is 121 Å². The minimum atomic E-state index is -1.06. The lowest BCUT2D eigenvalue weighted by atomic mass is 9.96. The third kappa shape index (κ3) is 9.58. The Morgan fingerprint density at radius 3 is 1.30 bits per heavy atom. The van der Waals surface area contributed by atoms with Gasteiger partial charge in [0.1, 0.15) is 25.4 Å². The molecule has 3 aromatic carbocycles. The van der Waals surface area contributed by atoms with E-state index in [9.17, 15) is 19.2 Å². The number of esters is 3. The lowest BCUT2D eigenvalue weighted by molar-refractivity contribution is -0.159. The fourth-order valence-corrected chi connectivity index (χ4v) is 4.85. The van der Waals surface area contributed by atoms with Crippen LogP contribution in [0.4, 0.5) is 0 Å². The van der Waals surface area contributed by atoms with E-state index in [1.54, 1.807) is 6.92 Å². The van der Waals surface area contributed by atoms with Crippen molar-refractivity contribution >= 4 is 23.7 Å². The fraction of sp³-hybridized carbons (Fsp3) is 0.405. The van der Waals surface area contributed by atoms with Crippen molar-refractivity contribution in [3.63, 3.8) is 0 Å². The number of carbonyl (C=O) groups is 4. The number of epoxide rings is 2.